The molecule has 1 fully saturated rings. The van der Waals surface area contributed by atoms with E-state index in [0.717, 1.165) is 37.0 Å². The number of benzene rings is 2. The lowest BCUT2D eigenvalue weighted by molar-refractivity contribution is -0.120. The van der Waals surface area contributed by atoms with Crippen molar-refractivity contribution in [1.82, 2.24) is 4.98 Å². The summed E-state index contributed by atoms with van der Waals surface area (Å²) in [6, 6.07) is 15.6. The Morgan fingerprint density at radius 2 is 1.84 bits per heavy atom. The fourth-order valence-corrected chi connectivity index (χ4v) is 3.31. The molecule has 0 aliphatic carbocycles. The van der Waals surface area contributed by atoms with Crippen LogP contribution in [-0.2, 0) is 4.79 Å². The summed E-state index contributed by atoms with van der Waals surface area (Å²) in [4.78, 5) is 19.1. The predicted molar refractivity (Wildman–Crippen MR) is 99.0 cm³/mol. The SMILES string of the molecule is O=C(Nc1ccccc1Cl)C1CCN(c2nc3ccccc3o2)CC1. The molecule has 2 aromatic carbocycles. The van der Waals surface area contributed by atoms with Crippen molar-refractivity contribution in [3.05, 3.63) is 53.6 Å². The number of aromatic nitrogens is 1. The first-order valence-electron chi connectivity index (χ1n) is 8.36. The van der Waals surface area contributed by atoms with Crippen LogP contribution in [0, 0.1) is 5.92 Å². The lowest BCUT2D eigenvalue weighted by atomic mass is 9.96. The molecule has 4 rings (SSSR count). The van der Waals surface area contributed by atoms with Gasteiger partial charge in [0.2, 0.25) is 5.91 Å². The van der Waals surface area contributed by atoms with Crippen LogP contribution >= 0.6 is 11.6 Å². The molecule has 0 saturated carbocycles. The molecule has 1 saturated heterocycles. The number of fused-ring (bicyclic) bond motifs is 1. The average Bonchev–Trinajstić information content (AvgIpc) is 3.08. The zero-order valence-corrected chi connectivity index (χ0v) is 14.4. The minimum Gasteiger partial charge on any atom is -0.423 e. The molecule has 0 unspecified atom stereocenters. The number of hydrogen-bond acceptors (Lipinski definition) is 4. The molecule has 1 aliphatic heterocycles. The predicted octanol–water partition coefficient (Wildman–Crippen LogP) is 4.34. The molecular weight excluding hydrogens is 338 g/mol. The molecule has 3 aromatic rings. The maximum atomic E-state index is 12.5. The van der Waals surface area contributed by atoms with Crippen LogP contribution < -0.4 is 10.2 Å². The molecule has 25 heavy (non-hydrogen) atoms. The van der Waals surface area contributed by atoms with Gasteiger partial charge in [-0.3, -0.25) is 4.79 Å². The van der Waals surface area contributed by atoms with Gasteiger partial charge in [-0.25, -0.2) is 0 Å². The third-order valence-electron chi connectivity index (χ3n) is 4.55. The van der Waals surface area contributed by atoms with Crippen molar-refractivity contribution in [2.75, 3.05) is 23.3 Å². The topological polar surface area (TPSA) is 58.4 Å². The Labute approximate surface area is 150 Å². The van der Waals surface area contributed by atoms with E-state index < -0.39 is 0 Å². The normalized spacial score (nSPS) is 15.5. The molecule has 5 nitrogen and oxygen atoms in total. The fraction of sp³-hybridized carbons (Fsp3) is 0.263. The van der Waals surface area contributed by atoms with Crippen LogP contribution in [-0.4, -0.2) is 24.0 Å². The Balaban J connectivity index is 1.39. The molecule has 2 heterocycles. The van der Waals surface area contributed by atoms with Gasteiger partial charge in [0.25, 0.3) is 6.01 Å². The third-order valence-corrected chi connectivity index (χ3v) is 4.88. The first-order valence-corrected chi connectivity index (χ1v) is 8.74. The first-order chi connectivity index (χ1) is 12.2. The molecule has 0 bridgehead atoms. The summed E-state index contributed by atoms with van der Waals surface area (Å²) in [5, 5.41) is 3.48. The van der Waals surface area contributed by atoms with Gasteiger partial charge in [-0.15, -0.1) is 0 Å². The monoisotopic (exact) mass is 355 g/mol. The number of amides is 1. The van der Waals surface area contributed by atoms with E-state index in [4.69, 9.17) is 16.0 Å². The second-order valence-electron chi connectivity index (χ2n) is 6.19. The summed E-state index contributed by atoms with van der Waals surface area (Å²) >= 11 is 6.11. The van der Waals surface area contributed by atoms with E-state index in [1.807, 2.05) is 42.5 Å². The number of para-hydroxylation sites is 3. The van der Waals surface area contributed by atoms with Crippen molar-refractivity contribution in [2.45, 2.75) is 12.8 Å². The minimum absolute atomic E-state index is 0.0188. The van der Waals surface area contributed by atoms with Crippen LogP contribution in [0.1, 0.15) is 12.8 Å². The van der Waals surface area contributed by atoms with Gasteiger partial charge in [0.05, 0.1) is 10.7 Å². The van der Waals surface area contributed by atoms with Crippen LogP contribution in [0.4, 0.5) is 11.7 Å². The molecule has 1 aliphatic rings. The smallest absolute Gasteiger partial charge is 0.298 e. The summed E-state index contributed by atoms with van der Waals surface area (Å²) < 4.78 is 5.81. The van der Waals surface area contributed by atoms with Gasteiger partial charge in [0.1, 0.15) is 5.52 Å². The number of rotatable bonds is 3. The molecule has 1 N–H and O–H groups in total. The standard InChI is InChI=1S/C19H18ClN3O2/c20-14-5-1-2-6-15(14)21-18(24)13-9-11-23(12-10-13)19-22-16-7-3-4-8-17(16)25-19/h1-8,13H,9-12H2,(H,21,24). The zero-order valence-electron chi connectivity index (χ0n) is 13.6. The first kappa shape index (κ1) is 16.0. The lowest BCUT2D eigenvalue weighted by Crippen LogP contribution is -2.38. The van der Waals surface area contributed by atoms with E-state index in [0.29, 0.717) is 16.7 Å². The van der Waals surface area contributed by atoms with Crippen molar-refractivity contribution in [3.63, 3.8) is 0 Å². The summed E-state index contributed by atoms with van der Waals surface area (Å²) in [5.41, 5.74) is 2.31. The number of piperidine rings is 1. The Hall–Kier alpha value is -2.53. The molecular formula is C19H18ClN3O2. The van der Waals surface area contributed by atoms with Crippen LogP contribution in [0.5, 0.6) is 0 Å². The summed E-state index contributed by atoms with van der Waals surface area (Å²) in [6.07, 6.45) is 1.52. The molecule has 1 amide bonds. The number of nitrogens with zero attached hydrogens (tertiary/aromatic N) is 2. The molecule has 0 radical (unpaired) electrons. The van der Waals surface area contributed by atoms with E-state index in [1.54, 1.807) is 6.07 Å². The van der Waals surface area contributed by atoms with Gasteiger partial charge in [-0.05, 0) is 37.1 Å². The van der Waals surface area contributed by atoms with Crippen LogP contribution in [0.2, 0.25) is 5.02 Å². The Morgan fingerprint density at radius 1 is 1.12 bits per heavy atom. The van der Waals surface area contributed by atoms with Crippen LogP contribution in [0.15, 0.2) is 52.9 Å². The number of nitrogens with one attached hydrogen (secondary N) is 1. The number of carbonyl (C=O) groups excluding carboxylic acids is 1. The highest BCUT2D eigenvalue weighted by molar-refractivity contribution is 6.33. The highest BCUT2D eigenvalue weighted by Gasteiger charge is 2.27. The third kappa shape index (κ3) is 3.33. The molecule has 128 valence electrons. The van der Waals surface area contributed by atoms with Crippen LogP contribution in [0.3, 0.4) is 0 Å². The largest absolute Gasteiger partial charge is 0.423 e. The molecule has 0 spiro atoms. The lowest BCUT2D eigenvalue weighted by Gasteiger charge is -2.30. The van der Waals surface area contributed by atoms with Gasteiger partial charge in [-0.2, -0.15) is 4.98 Å². The molecule has 0 atom stereocenters. The van der Waals surface area contributed by atoms with Gasteiger partial charge >= 0.3 is 0 Å². The fourth-order valence-electron chi connectivity index (χ4n) is 3.13. The summed E-state index contributed by atoms with van der Waals surface area (Å²) in [5.74, 6) is -0.0118. The van der Waals surface area contributed by atoms with E-state index in [2.05, 4.69) is 15.2 Å². The van der Waals surface area contributed by atoms with E-state index in [-0.39, 0.29) is 11.8 Å². The summed E-state index contributed by atoms with van der Waals surface area (Å²) in [7, 11) is 0. The maximum absolute atomic E-state index is 12.5. The number of hydrogen-bond donors (Lipinski definition) is 1. The Morgan fingerprint density at radius 3 is 2.60 bits per heavy atom. The van der Waals surface area contributed by atoms with Crippen LogP contribution in [0.25, 0.3) is 11.1 Å². The number of halogens is 1. The summed E-state index contributed by atoms with van der Waals surface area (Å²) in [6.45, 7) is 1.49. The van der Waals surface area contributed by atoms with Gasteiger partial charge in [0.15, 0.2) is 5.58 Å². The van der Waals surface area contributed by atoms with Crippen molar-refractivity contribution in [1.29, 1.82) is 0 Å². The van der Waals surface area contributed by atoms with Gasteiger partial charge in [-0.1, -0.05) is 35.9 Å². The highest BCUT2D eigenvalue weighted by atomic mass is 35.5. The van der Waals surface area contributed by atoms with Gasteiger partial charge in [0, 0.05) is 19.0 Å². The molecule has 6 heteroatoms. The second-order valence-corrected chi connectivity index (χ2v) is 6.60. The van der Waals surface area contributed by atoms with Crippen molar-refractivity contribution in [3.8, 4) is 0 Å². The Kier molecular flexibility index (Phi) is 4.32. The maximum Gasteiger partial charge on any atom is 0.298 e. The van der Waals surface area contributed by atoms with E-state index >= 15 is 0 Å². The number of oxazole rings is 1. The average molecular weight is 356 g/mol. The molecule has 1 aromatic heterocycles. The second kappa shape index (κ2) is 6.76. The van der Waals surface area contributed by atoms with Crippen molar-refractivity contribution < 1.29 is 9.21 Å². The van der Waals surface area contributed by atoms with E-state index in [1.165, 1.54) is 0 Å². The van der Waals surface area contributed by atoms with Gasteiger partial charge < -0.3 is 14.6 Å². The quantitative estimate of drug-likeness (QED) is 0.759. The van der Waals surface area contributed by atoms with E-state index in [9.17, 15) is 4.79 Å². The highest BCUT2D eigenvalue weighted by Crippen LogP contribution is 2.28. The number of anilines is 2. The Bertz CT molecular complexity index is 867. The van der Waals surface area contributed by atoms with Crippen molar-refractivity contribution >= 4 is 40.3 Å². The minimum atomic E-state index is -0.0306. The number of carbonyl (C=O) groups is 1. The zero-order chi connectivity index (χ0) is 17.2. The van der Waals surface area contributed by atoms with Crippen molar-refractivity contribution in [2.24, 2.45) is 5.92 Å².